The van der Waals surface area contributed by atoms with Gasteiger partial charge in [-0.1, -0.05) is 20.8 Å². The van der Waals surface area contributed by atoms with E-state index in [1.165, 1.54) is 6.21 Å². The van der Waals surface area contributed by atoms with Crippen molar-refractivity contribution in [1.82, 2.24) is 0 Å². The van der Waals surface area contributed by atoms with Crippen molar-refractivity contribution in [3.63, 3.8) is 0 Å². The van der Waals surface area contributed by atoms with Crippen molar-refractivity contribution in [2.24, 2.45) is 15.8 Å². The molecule has 3 nitrogen and oxygen atoms in total. The zero-order valence-corrected chi connectivity index (χ0v) is 8.88. The van der Waals surface area contributed by atoms with E-state index in [1.54, 1.807) is 34.6 Å². The largest absolute Gasteiger partial charge is 0.272 e. The Balaban J connectivity index is 4.50. The number of amides is 1. The minimum Gasteiger partial charge on any atom is -0.272 e. The second-order valence-electron chi connectivity index (χ2n) is 4.65. The molecule has 0 aromatic rings. The molecule has 0 aliphatic carbocycles. The quantitative estimate of drug-likeness (QED) is 0.581. The van der Waals surface area contributed by atoms with E-state index in [9.17, 15) is 4.79 Å². The van der Waals surface area contributed by atoms with Crippen LogP contribution in [0.15, 0.2) is 4.99 Å². The van der Waals surface area contributed by atoms with Gasteiger partial charge in [-0.25, -0.2) is 4.99 Å². The highest BCUT2D eigenvalue weighted by molar-refractivity contribution is 5.90. The summed E-state index contributed by atoms with van der Waals surface area (Å²) in [4.78, 5) is 15.1. The number of nitrogens with zero attached hydrogens (tertiary/aromatic N) is 2. The van der Waals surface area contributed by atoms with E-state index in [0.29, 0.717) is 0 Å². The Kier molecular flexibility index (Phi) is 3.36. The molecule has 0 N–H and O–H groups in total. The maximum absolute atomic E-state index is 11.3. The van der Waals surface area contributed by atoms with Gasteiger partial charge in [0.15, 0.2) is 0 Å². The lowest BCUT2D eigenvalue weighted by atomic mass is 9.95. The molecule has 3 heteroatoms. The molecule has 0 heterocycles. The molecule has 0 atom stereocenters. The zero-order chi connectivity index (χ0) is 10.7. The summed E-state index contributed by atoms with van der Waals surface area (Å²) < 4.78 is 0. The lowest BCUT2D eigenvalue weighted by Crippen LogP contribution is -2.20. The predicted octanol–water partition coefficient (Wildman–Crippen LogP) is 2.18. The van der Waals surface area contributed by atoms with Gasteiger partial charge in [0.1, 0.15) is 0 Å². The van der Waals surface area contributed by atoms with Crippen LogP contribution < -0.4 is 0 Å². The number of carbonyl (C=O) groups excluding carboxylic acids is 1. The average molecular weight is 180 g/mol. The number of aliphatic imine (C=N–C) groups is 1. The van der Waals surface area contributed by atoms with Gasteiger partial charge >= 0.3 is 0 Å². The minimum absolute atomic E-state index is 0.198. The van der Waals surface area contributed by atoms with Crippen LogP contribution in [0.2, 0.25) is 0 Å². The van der Waals surface area contributed by atoms with E-state index in [2.05, 4.69) is 4.99 Å². The summed E-state index contributed by atoms with van der Waals surface area (Å²) in [5, 5.41) is 8.66. The van der Waals surface area contributed by atoms with Gasteiger partial charge in [-0.2, -0.15) is 5.26 Å². The second kappa shape index (κ2) is 3.69. The highest BCUT2D eigenvalue weighted by Crippen LogP contribution is 2.16. The van der Waals surface area contributed by atoms with Crippen LogP contribution in [0.4, 0.5) is 0 Å². The zero-order valence-electron chi connectivity index (χ0n) is 8.88. The average Bonchev–Trinajstić information content (AvgIpc) is 1.98. The van der Waals surface area contributed by atoms with Crippen LogP contribution >= 0.6 is 0 Å². The molecule has 1 amide bonds. The smallest absolute Gasteiger partial charge is 0.250 e. The molecule has 72 valence electrons. The number of carbonyl (C=O) groups is 1. The Bertz CT molecular complexity index is 264. The molecular weight excluding hydrogens is 164 g/mol. The molecule has 0 unspecified atom stereocenters. The first-order valence-corrected chi connectivity index (χ1v) is 4.20. The first-order chi connectivity index (χ1) is 5.69. The first-order valence-electron chi connectivity index (χ1n) is 4.20. The van der Waals surface area contributed by atoms with E-state index in [1.807, 2.05) is 6.07 Å². The summed E-state index contributed by atoms with van der Waals surface area (Å²) >= 11 is 0. The summed E-state index contributed by atoms with van der Waals surface area (Å²) in [6.07, 6.45) is 1.40. The van der Waals surface area contributed by atoms with E-state index in [-0.39, 0.29) is 5.91 Å². The van der Waals surface area contributed by atoms with E-state index in [4.69, 9.17) is 5.26 Å². The highest BCUT2D eigenvalue weighted by Gasteiger charge is 2.21. The summed E-state index contributed by atoms with van der Waals surface area (Å²) in [5.74, 6) is -0.198. The van der Waals surface area contributed by atoms with Crippen LogP contribution in [-0.2, 0) is 4.79 Å². The molecule has 0 rings (SSSR count). The SMILES string of the molecule is CC(C)(C#N)C=NC(=O)C(C)(C)C. The second-order valence-corrected chi connectivity index (χ2v) is 4.65. The third kappa shape index (κ3) is 4.41. The van der Waals surface area contributed by atoms with Crippen molar-refractivity contribution in [2.45, 2.75) is 34.6 Å². The standard InChI is InChI=1S/C10H16N2O/c1-9(2,3)8(13)12-7-10(4,5)6-11/h7H,1-5H3. The molecule has 0 radical (unpaired) electrons. The fourth-order valence-corrected chi connectivity index (χ4v) is 0.443. The topological polar surface area (TPSA) is 53.2 Å². The molecule has 0 bridgehead atoms. The van der Waals surface area contributed by atoms with Crippen LogP contribution in [0.5, 0.6) is 0 Å². The molecule has 13 heavy (non-hydrogen) atoms. The van der Waals surface area contributed by atoms with Gasteiger partial charge < -0.3 is 0 Å². The Morgan fingerprint density at radius 1 is 1.31 bits per heavy atom. The van der Waals surface area contributed by atoms with Gasteiger partial charge in [0.05, 0.1) is 11.5 Å². The predicted molar refractivity (Wildman–Crippen MR) is 52.3 cm³/mol. The van der Waals surface area contributed by atoms with Gasteiger partial charge in [-0.05, 0) is 13.8 Å². The van der Waals surface area contributed by atoms with Crippen molar-refractivity contribution in [2.75, 3.05) is 0 Å². The van der Waals surface area contributed by atoms with Crippen molar-refractivity contribution in [1.29, 1.82) is 5.26 Å². The van der Waals surface area contributed by atoms with Crippen molar-refractivity contribution < 1.29 is 4.79 Å². The Morgan fingerprint density at radius 2 is 1.77 bits per heavy atom. The van der Waals surface area contributed by atoms with Crippen LogP contribution in [0.3, 0.4) is 0 Å². The number of hydrogen-bond donors (Lipinski definition) is 0. The molecule has 0 fully saturated rings. The fourth-order valence-electron chi connectivity index (χ4n) is 0.443. The third-order valence-electron chi connectivity index (χ3n) is 1.43. The third-order valence-corrected chi connectivity index (χ3v) is 1.43. The molecule has 0 spiro atoms. The van der Waals surface area contributed by atoms with E-state index in [0.717, 1.165) is 0 Å². The highest BCUT2D eigenvalue weighted by atomic mass is 16.1. The Labute approximate surface area is 79.5 Å². The van der Waals surface area contributed by atoms with E-state index >= 15 is 0 Å². The van der Waals surface area contributed by atoms with Crippen molar-refractivity contribution >= 4 is 12.1 Å². The van der Waals surface area contributed by atoms with Gasteiger partial charge in [0, 0.05) is 11.6 Å². The number of hydrogen-bond acceptors (Lipinski definition) is 2. The number of nitriles is 1. The molecule has 0 aromatic heterocycles. The summed E-state index contributed by atoms with van der Waals surface area (Å²) in [7, 11) is 0. The molecule has 0 aromatic carbocycles. The lowest BCUT2D eigenvalue weighted by Gasteiger charge is -2.13. The van der Waals surface area contributed by atoms with Crippen LogP contribution in [0.1, 0.15) is 34.6 Å². The summed E-state index contributed by atoms with van der Waals surface area (Å²) in [6, 6.07) is 2.05. The Hall–Kier alpha value is -1.17. The minimum atomic E-state index is -0.666. The maximum atomic E-state index is 11.3. The van der Waals surface area contributed by atoms with E-state index < -0.39 is 10.8 Å². The van der Waals surface area contributed by atoms with Crippen LogP contribution in [-0.4, -0.2) is 12.1 Å². The van der Waals surface area contributed by atoms with Crippen molar-refractivity contribution in [3.8, 4) is 6.07 Å². The lowest BCUT2D eigenvalue weighted by molar-refractivity contribution is -0.124. The molecular formula is C10H16N2O. The van der Waals surface area contributed by atoms with Gasteiger partial charge in [-0.3, -0.25) is 4.79 Å². The van der Waals surface area contributed by atoms with Crippen LogP contribution in [0, 0.1) is 22.2 Å². The summed E-state index contributed by atoms with van der Waals surface area (Å²) in [5.41, 5.74) is -1.14. The maximum Gasteiger partial charge on any atom is 0.250 e. The molecule has 0 aliphatic rings. The van der Waals surface area contributed by atoms with Crippen LogP contribution in [0.25, 0.3) is 0 Å². The normalized spacial score (nSPS) is 12.9. The molecule has 0 aliphatic heterocycles. The monoisotopic (exact) mass is 180 g/mol. The molecule has 0 saturated heterocycles. The number of rotatable bonds is 1. The van der Waals surface area contributed by atoms with Gasteiger partial charge in [-0.15, -0.1) is 0 Å². The first kappa shape index (κ1) is 11.8. The van der Waals surface area contributed by atoms with Crippen molar-refractivity contribution in [3.05, 3.63) is 0 Å². The summed E-state index contributed by atoms with van der Waals surface area (Å²) in [6.45, 7) is 8.82. The van der Waals surface area contributed by atoms with Gasteiger partial charge in [0.2, 0.25) is 0 Å². The Morgan fingerprint density at radius 3 is 2.08 bits per heavy atom. The van der Waals surface area contributed by atoms with Gasteiger partial charge in [0.25, 0.3) is 5.91 Å². The molecule has 0 saturated carbocycles. The fraction of sp³-hybridized carbons (Fsp3) is 0.700.